The van der Waals surface area contributed by atoms with Crippen molar-refractivity contribution in [3.8, 4) is 0 Å². The van der Waals surface area contributed by atoms with Gasteiger partial charge in [0.1, 0.15) is 6.04 Å². The molecule has 120 valence electrons. The fourth-order valence-corrected chi connectivity index (χ4v) is 2.38. The predicted octanol–water partition coefficient (Wildman–Crippen LogP) is 2.06. The molecule has 3 rings (SSSR count). The molecular formula is C18H15N3O3. The number of carbonyl (C=O) groups excluding carboxylic acids is 1. The van der Waals surface area contributed by atoms with E-state index in [1.54, 1.807) is 6.07 Å². The van der Waals surface area contributed by atoms with Gasteiger partial charge in [0.05, 0.1) is 5.52 Å². The second kappa shape index (κ2) is 6.87. The molecule has 0 radical (unpaired) electrons. The van der Waals surface area contributed by atoms with Crippen LogP contribution in [-0.4, -0.2) is 33.0 Å². The molecule has 0 aliphatic heterocycles. The Balaban J connectivity index is 1.78. The summed E-state index contributed by atoms with van der Waals surface area (Å²) in [6, 6.07) is 13.3. The van der Waals surface area contributed by atoms with Crippen molar-refractivity contribution in [1.29, 1.82) is 0 Å². The quantitative estimate of drug-likeness (QED) is 0.750. The molecule has 1 amide bonds. The third-order valence-corrected chi connectivity index (χ3v) is 3.62. The van der Waals surface area contributed by atoms with Crippen molar-refractivity contribution in [2.45, 2.75) is 12.5 Å². The summed E-state index contributed by atoms with van der Waals surface area (Å²) in [5.41, 5.74) is 1.76. The number of benzene rings is 1. The molecule has 24 heavy (non-hydrogen) atoms. The van der Waals surface area contributed by atoms with E-state index in [9.17, 15) is 14.7 Å². The van der Waals surface area contributed by atoms with E-state index in [4.69, 9.17) is 0 Å². The van der Waals surface area contributed by atoms with Crippen LogP contribution in [0.25, 0.3) is 10.9 Å². The summed E-state index contributed by atoms with van der Waals surface area (Å²) in [4.78, 5) is 31.9. The summed E-state index contributed by atoms with van der Waals surface area (Å²) in [5, 5.41) is 12.9. The van der Waals surface area contributed by atoms with Crippen LogP contribution >= 0.6 is 0 Å². The lowest BCUT2D eigenvalue weighted by Crippen LogP contribution is -2.42. The van der Waals surface area contributed by atoms with E-state index in [0.717, 1.165) is 10.9 Å². The molecule has 1 aromatic carbocycles. The molecule has 2 aromatic heterocycles. The summed E-state index contributed by atoms with van der Waals surface area (Å²) >= 11 is 0. The number of nitrogens with zero attached hydrogens (tertiary/aromatic N) is 2. The first-order valence-electron chi connectivity index (χ1n) is 7.42. The fraction of sp³-hybridized carbons (Fsp3) is 0.111. The maximum Gasteiger partial charge on any atom is 0.326 e. The van der Waals surface area contributed by atoms with Gasteiger partial charge in [0.25, 0.3) is 5.91 Å². The van der Waals surface area contributed by atoms with Crippen molar-refractivity contribution in [2.24, 2.45) is 0 Å². The molecule has 0 aliphatic rings. The SMILES string of the molecule is O=C(N[C@H](Cc1ccc2ccccc2n1)C(=O)O)c1ccncc1. The second-order valence-electron chi connectivity index (χ2n) is 5.30. The molecule has 3 aromatic rings. The maximum absolute atomic E-state index is 12.1. The number of carboxylic acid groups (broad SMARTS) is 1. The zero-order valence-corrected chi connectivity index (χ0v) is 12.7. The first kappa shape index (κ1) is 15.6. The van der Waals surface area contributed by atoms with Crippen molar-refractivity contribution in [2.75, 3.05) is 0 Å². The zero-order chi connectivity index (χ0) is 16.9. The maximum atomic E-state index is 12.1. The average molecular weight is 321 g/mol. The van der Waals surface area contributed by atoms with E-state index in [2.05, 4.69) is 15.3 Å². The average Bonchev–Trinajstić information content (AvgIpc) is 2.61. The first-order valence-corrected chi connectivity index (χ1v) is 7.42. The van der Waals surface area contributed by atoms with Crippen molar-refractivity contribution in [3.05, 3.63) is 72.2 Å². The van der Waals surface area contributed by atoms with E-state index in [-0.39, 0.29) is 6.42 Å². The number of rotatable bonds is 5. The van der Waals surface area contributed by atoms with Gasteiger partial charge in [-0.05, 0) is 24.3 Å². The van der Waals surface area contributed by atoms with Crippen LogP contribution in [0, 0.1) is 0 Å². The summed E-state index contributed by atoms with van der Waals surface area (Å²) in [6.07, 6.45) is 3.07. The van der Waals surface area contributed by atoms with Crippen LogP contribution in [0.15, 0.2) is 60.9 Å². The number of fused-ring (bicyclic) bond motifs is 1. The largest absolute Gasteiger partial charge is 0.480 e. The number of aliphatic carboxylic acids is 1. The molecule has 6 nitrogen and oxygen atoms in total. The Morgan fingerprint density at radius 3 is 2.54 bits per heavy atom. The van der Waals surface area contributed by atoms with E-state index < -0.39 is 17.9 Å². The molecule has 0 unspecified atom stereocenters. The third-order valence-electron chi connectivity index (χ3n) is 3.62. The van der Waals surface area contributed by atoms with E-state index in [0.29, 0.717) is 11.3 Å². The Hall–Kier alpha value is -3.28. The lowest BCUT2D eigenvalue weighted by molar-refractivity contribution is -0.139. The van der Waals surface area contributed by atoms with E-state index >= 15 is 0 Å². The van der Waals surface area contributed by atoms with Gasteiger partial charge in [-0.2, -0.15) is 0 Å². The lowest BCUT2D eigenvalue weighted by atomic mass is 10.1. The Morgan fingerprint density at radius 2 is 1.79 bits per heavy atom. The number of hydrogen-bond acceptors (Lipinski definition) is 4. The highest BCUT2D eigenvalue weighted by Gasteiger charge is 2.21. The Labute approximate surface area is 138 Å². The van der Waals surface area contributed by atoms with Gasteiger partial charge in [0.15, 0.2) is 0 Å². The van der Waals surface area contributed by atoms with Crippen molar-refractivity contribution in [3.63, 3.8) is 0 Å². The number of nitrogens with one attached hydrogen (secondary N) is 1. The van der Waals surface area contributed by atoms with E-state index in [1.807, 2.05) is 30.3 Å². The smallest absolute Gasteiger partial charge is 0.326 e. The van der Waals surface area contributed by atoms with Crippen LogP contribution in [0.2, 0.25) is 0 Å². The van der Waals surface area contributed by atoms with E-state index in [1.165, 1.54) is 24.5 Å². The molecule has 0 bridgehead atoms. The molecular weight excluding hydrogens is 306 g/mol. The molecule has 0 fully saturated rings. The van der Waals surface area contributed by atoms with Crippen molar-refractivity contribution in [1.82, 2.24) is 15.3 Å². The van der Waals surface area contributed by atoms with Crippen LogP contribution in [0.3, 0.4) is 0 Å². The minimum Gasteiger partial charge on any atom is -0.480 e. The number of pyridine rings is 2. The number of para-hydroxylation sites is 1. The molecule has 6 heteroatoms. The molecule has 0 saturated carbocycles. The number of amides is 1. The number of hydrogen-bond donors (Lipinski definition) is 2. The molecule has 1 atom stereocenters. The summed E-state index contributed by atoms with van der Waals surface area (Å²) < 4.78 is 0. The normalized spacial score (nSPS) is 11.8. The molecule has 2 heterocycles. The first-order chi connectivity index (χ1) is 11.6. The highest BCUT2D eigenvalue weighted by Crippen LogP contribution is 2.13. The molecule has 0 aliphatic carbocycles. The van der Waals surface area contributed by atoms with Gasteiger partial charge in [0, 0.05) is 35.5 Å². The Bertz CT molecular complexity index is 881. The van der Waals surface area contributed by atoms with Crippen molar-refractivity contribution < 1.29 is 14.7 Å². The number of carbonyl (C=O) groups is 2. The van der Waals surface area contributed by atoms with Crippen LogP contribution in [0.4, 0.5) is 0 Å². The van der Waals surface area contributed by atoms with Gasteiger partial charge < -0.3 is 10.4 Å². The number of aromatic nitrogens is 2. The van der Waals surface area contributed by atoms with Crippen LogP contribution < -0.4 is 5.32 Å². The van der Waals surface area contributed by atoms with Crippen LogP contribution in [0.1, 0.15) is 16.1 Å². The minimum absolute atomic E-state index is 0.108. The van der Waals surface area contributed by atoms with Gasteiger partial charge in [0.2, 0.25) is 0 Å². The Kier molecular flexibility index (Phi) is 4.47. The standard InChI is InChI=1S/C18H15N3O3/c22-17(13-7-9-19-10-8-13)21-16(18(23)24)11-14-6-5-12-3-1-2-4-15(12)20-14/h1-10,16H,11H2,(H,21,22)(H,23,24)/t16-/m1/s1. The fourth-order valence-electron chi connectivity index (χ4n) is 2.38. The van der Waals surface area contributed by atoms with Gasteiger partial charge in [-0.15, -0.1) is 0 Å². The van der Waals surface area contributed by atoms with Gasteiger partial charge in [-0.1, -0.05) is 24.3 Å². The predicted molar refractivity (Wildman–Crippen MR) is 88.6 cm³/mol. The monoisotopic (exact) mass is 321 g/mol. The highest BCUT2D eigenvalue weighted by atomic mass is 16.4. The highest BCUT2D eigenvalue weighted by molar-refractivity contribution is 5.96. The zero-order valence-electron chi connectivity index (χ0n) is 12.7. The lowest BCUT2D eigenvalue weighted by Gasteiger charge is -2.14. The summed E-state index contributed by atoms with van der Waals surface area (Å²) in [6.45, 7) is 0. The molecule has 2 N–H and O–H groups in total. The third kappa shape index (κ3) is 3.55. The van der Waals surface area contributed by atoms with Gasteiger partial charge >= 0.3 is 5.97 Å². The number of carboxylic acids is 1. The topological polar surface area (TPSA) is 92.2 Å². The summed E-state index contributed by atoms with van der Waals surface area (Å²) in [5.74, 6) is -1.56. The summed E-state index contributed by atoms with van der Waals surface area (Å²) in [7, 11) is 0. The minimum atomic E-state index is -1.10. The van der Waals surface area contributed by atoms with Crippen LogP contribution in [-0.2, 0) is 11.2 Å². The van der Waals surface area contributed by atoms with Gasteiger partial charge in [-0.3, -0.25) is 14.8 Å². The Morgan fingerprint density at radius 1 is 1.04 bits per heavy atom. The molecule has 0 saturated heterocycles. The van der Waals surface area contributed by atoms with Gasteiger partial charge in [-0.25, -0.2) is 4.79 Å². The second-order valence-corrected chi connectivity index (χ2v) is 5.30. The van der Waals surface area contributed by atoms with Crippen LogP contribution in [0.5, 0.6) is 0 Å². The van der Waals surface area contributed by atoms with Crippen molar-refractivity contribution >= 4 is 22.8 Å². The molecule has 0 spiro atoms.